The Morgan fingerprint density at radius 1 is 1.19 bits per heavy atom. The molecule has 1 amide bonds. The molecule has 0 spiro atoms. The van der Waals surface area contributed by atoms with E-state index in [-0.39, 0.29) is 5.91 Å². The monoisotopic (exact) mass is 368 g/mol. The topological polar surface area (TPSA) is 52.2 Å². The normalized spacial score (nSPS) is 14.8. The summed E-state index contributed by atoms with van der Waals surface area (Å²) >= 11 is 6.14. The second kappa shape index (κ2) is 7.00. The quantitative estimate of drug-likeness (QED) is 0.770. The van der Waals surface area contributed by atoms with E-state index in [0.717, 1.165) is 54.2 Å². The molecule has 1 aliphatic rings. The van der Waals surface area contributed by atoms with Crippen LogP contribution in [0.25, 0.3) is 10.9 Å². The summed E-state index contributed by atoms with van der Waals surface area (Å²) in [6, 6.07) is 11.7. The van der Waals surface area contributed by atoms with Gasteiger partial charge in [0.1, 0.15) is 5.82 Å². The van der Waals surface area contributed by atoms with Gasteiger partial charge in [0.05, 0.1) is 6.42 Å². The highest BCUT2D eigenvalue weighted by atomic mass is 35.5. The number of carbonyl (C=O) groups is 1. The number of nitrogens with one attached hydrogen (secondary N) is 1. The zero-order valence-electron chi connectivity index (χ0n) is 14.7. The summed E-state index contributed by atoms with van der Waals surface area (Å²) in [5, 5.41) is 1.73. The molecule has 6 heteroatoms. The van der Waals surface area contributed by atoms with Crippen LogP contribution in [0.15, 0.2) is 42.6 Å². The first-order chi connectivity index (χ1) is 12.6. The zero-order valence-corrected chi connectivity index (χ0v) is 15.5. The average Bonchev–Trinajstić information content (AvgIpc) is 2.97. The number of fused-ring (bicyclic) bond motifs is 1. The number of anilines is 1. The van der Waals surface area contributed by atoms with E-state index in [1.807, 2.05) is 48.2 Å². The lowest BCUT2D eigenvalue weighted by Crippen LogP contribution is -2.49. The minimum Gasteiger partial charge on any atom is -0.358 e. The minimum atomic E-state index is 0.162. The number of nitrogens with zero attached hydrogens (tertiary/aromatic N) is 3. The van der Waals surface area contributed by atoms with E-state index >= 15 is 0 Å². The van der Waals surface area contributed by atoms with Crippen molar-refractivity contribution >= 4 is 34.2 Å². The predicted octanol–water partition coefficient (Wildman–Crippen LogP) is 3.42. The van der Waals surface area contributed by atoms with Gasteiger partial charge in [0, 0.05) is 54.0 Å². The first-order valence-electron chi connectivity index (χ1n) is 8.82. The van der Waals surface area contributed by atoms with Crippen molar-refractivity contribution in [2.24, 2.45) is 0 Å². The maximum absolute atomic E-state index is 12.8. The Morgan fingerprint density at radius 3 is 2.73 bits per heavy atom. The molecule has 26 heavy (non-hydrogen) atoms. The van der Waals surface area contributed by atoms with E-state index in [9.17, 15) is 4.79 Å². The lowest BCUT2D eigenvalue weighted by molar-refractivity contribution is -0.130. The highest BCUT2D eigenvalue weighted by molar-refractivity contribution is 6.31. The van der Waals surface area contributed by atoms with Crippen LogP contribution in [0.5, 0.6) is 0 Å². The Labute approximate surface area is 157 Å². The number of aromatic amines is 1. The average molecular weight is 369 g/mol. The number of hydrogen-bond donors (Lipinski definition) is 1. The van der Waals surface area contributed by atoms with Crippen LogP contribution in [0.2, 0.25) is 5.02 Å². The van der Waals surface area contributed by atoms with Crippen molar-refractivity contribution in [3.8, 4) is 0 Å². The Kier molecular flexibility index (Phi) is 4.55. The van der Waals surface area contributed by atoms with Gasteiger partial charge in [-0.1, -0.05) is 17.7 Å². The standard InChI is InChI=1S/C20H21ClN4O/c1-14-16(17-12-15(21)5-6-18(17)23-14)13-20(26)25-10-8-24(9-11-25)19-4-2-3-7-22-19/h2-7,12,23H,8-11,13H2,1H3. The SMILES string of the molecule is Cc1[nH]c2ccc(Cl)cc2c1CC(=O)N1CCN(c2ccccn2)CC1. The van der Waals surface area contributed by atoms with Crippen molar-refractivity contribution in [2.45, 2.75) is 13.3 Å². The third kappa shape index (κ3) is 3.27. The fourth-order valence-electron chi connectivity index (χ4n) is 3.57. The van der Waals surface area contributed by atoms with Gasteiger partial charge >= 0.3 is 0 Å². The van der Waals surface area contributed by atoms with E-state index in [4.69, 9.17) is 11.6 Å². The number of H-pyrrole nitrogens is 1. The highest BCUT2D eigenvalue weighted by Gasteiger charge is 2.23. The molecule has 0 atom stereocenters. The molecule has 0 unspecified atom stereocenters. The minimum absolute atomic E-state index is 0.162. The highest BCUT2D eigenvalue weighted by Crippen LogP contribution is 2.26. The second-order valence-electron chi connectivity index (χ2n) is 6.65. The molecule has 134 valence electrons. The summed E-state index contributed by atoms with van der Waals surface area (Å²) in [4.78, 5) is 24.7. The summed E-state index contributed by atoms with van der Waals surface area (Å²) < 4.78 is 0. The Hall–Kier alpha value is -2.53. The van der Waals surface area contributed by atoms with E-state index in [1.54, 1.807) is 6.20 Å². The van der Waals surface area contributed by atoms with E-state index in [1.165, 1.54) is 0 Å². The van der Waals surface area contributed by atoms with E-state index in [2.05, 4.69) is 14.9 Å². The first-order valence-corrected chi connectivity index (χ1v) is 9.20. The number of amides is 1. The maximum atomic E-state index is 12.8. The van der Waals surface area contributed by atoms with Crippen molar-refractivity contribution in [3.05, 3.63) is 58.9 Å². The molecule has 0 aliphatic carbocycles. The summed E-state index contributed by atoms with van der Waals surface area (Å²) in [5.41, 5.74) is 3.09. The molecular formula is C20H21ClN4O. The third-order valence-corrected chi connectivity index (χ3v) is 5.25. The van der Waals surface area contributed by atoms with Crippen LogP contribution >= 0.6 is 11.6 Å². The van der Waals surface area contributed by atoms with Gasteiger partial charge in [0.2, 0.25) is 5.91 Å². The van der Waals surface area contributed by atoms with Crippen molar-refractivity contribution in [1.82, 2.24) is 14.9 Å². The largest absolute Gasteiger partial charge is 0.358 e. The smallest absolute Gasteiger partial charge is 0.227 e. The third-order valence-electron chi connectivity index (χ3n) is 5.02. The number of rotatable bonds is 3. The van der Waals surface area contributed by atoms with Gasteiger partial charge in [0.15, 0.2) is 0 Å². The number of piperazine rings is 1. The van der Waals surface area contributed by atoms with Crippen molar-refractivity contribution in [3.63, 3.8) is 0 Å². The Morgan fingerprint density at radius 2 is 2.00 bits per heavy atom. The molecule has 1 aliphatic heterocycles. The van der Waals surface area contributed by atoms with Gasteiger partial charge in [-0.25, -0.2) is 4.98 Å². The summed E-state index contributed by atoms with van der Waals surface area (Å²) in [7, 11) is 0. The molecule has 0 bridgehead atoms. The first kappa shape index (κ1) is 16.9. The molecule has 3 aromatic rings. The number of hydrogen-bond acceptors (Lipinski definition) is 3. The van der Waals surface area contributed by atoms with E-state index in [0.29, 0.717) is 11.4 Å². The summed E-state index contributed by atoms with van der Waals surface area (Å²) in [5.74, 6) is 1.14. The zero-order chi connectivity index (χ0) is 18.1. The van der Waals surface area contributed by atoms with Gasteiger partial charge < -0.3 is 14.8 Å². The number of aryl methyl sites for hydroxylation is 1. The van der Waals surface area contributed by atoms with Crippen LogP contribution in [0.1, 0.15) is 11.3 Å². The van der Waals surface area contributed by atoms with Crippen LogP contribution in [-0.4, -0.2) is 47.0 Å². The van der Waals surface area contributed by atoms with Crippen LogP contribution in [0.4, 0.5) is 5.82 Å². The Balaban J connectivity index is 1.45. The summed E-state index contributed by atoms with van der Waals surface area (Å²) in [6.07, 6.45) is 2.20. The molecule has 2 aromatic heterocycles. The molecule has 1 fully saturated rings. The lowest BCUT2D eigenvalue weighted by Gasteiger charge is -2.35. The molecule has 5 nitrogen and oxygen atoms in total. The van der Waals surface area contributed by atoms with Crippen LogP contribution in [-0.2, 0) is 11.2 Å². The predicted molar refractivity (Wildman–Crippen MR) is 105 cm³/mol. The lowest BCUT2D eigenvalue weighted by atomic mass is 10.1. The van der Waals surface area contributed by atoms with Crippen molar-refractivity contribution in [1.29, 1.82) is 0 Å². The molecular weight excluding hydrogens is 348 g/mol. The number of pyridine rings is 1. The molecule has 1 saturated heterocycles. The van der Waals surface area contributed by atoms with Crippen molar-refractivity contribution in [2.75, 3.05) is 31.1 Å². The van der Waals surface area contributed by atoms with Gasteiger partial charge in [-0.3, -0.25) is 4.79 Å². The van der Waals surface area contributed by atoms with E-state index < -0.39 is 0 Å². The molecule has 0 saturated carbocycles. The van der Waals surface area contributed by atoms with Crippen LogP contribution in [0.3, 0.4) is 0 Å². The van der Waals surface area contributed by atoms with Gasteiger partial charge in [-0.15, -0.1) is 0 Å². The summed E-state index contributed by atoms with van der Waals surface area (Å²) in [6.45, 7) is 5.06. The fraction of sp³-hybridized carbons (Fsp3) is 0.300. The number of benzene rings is 1. The van der Waals surface area contributed by atoms with Gasteiger partial charge in [-0.2, -0.15) is 0 Å². The number of carbonyl (C=O) groups excluding carboxylic acids is 1. The second-order valence-corrected chi connectivity index (χ2v) is 7.09. The van der Waals surface area contributed by atoms with Crippen molar-refractivity contribution < 1.29 is 4.79 Å². The number of aromatic nitrogens is 2. The molecule has 1 N–H and O–H groups in total. The van der Waals surface area contributed by atoms with Crippen LogP contribution in [0, 0.1) is 6.92 Å². The fourth-order valence-corrected chi connectivity index (χ4v) is 3.74. The molecule has 4 rings (SSSR count). The molecule has 0 radical (unpaired) electrons. The molecule has 3 heterocycles. The Bertz CT molecular complexity index is 930. The number of halogens is 1. The van der Waals surface area contributed by atoms with Crippen LogP contribution < -0.4 is 4.90 Å². The van der Waals surface area contributed by atoms with Gasteiger partial charge in [-0.05, 0) is 42.8 Å². The van der Waals surface area contributed by atoms with Gasteiger partial charge in [0.25, 0.3) is 0 Å². The maximum Gasteiger partial charge on any atom is 0.227 e. The molecule has 1 aromatic carbocycles.